The Morgan fingerprint density at radius 1 is 0.500 bits per heavy atom. The van der Waals surface area contributed by atoms with E-state index in [-0.39, 0.29) is 0 Å². The van der Waals surface area contributed by atoms with Crippen molar-refractivity contribution in [3.8, 4) is 11.4 Å². The van der Waals surface area contributed by atoms with Crippen LogP contribution in [-0.4, -0.2) is 19.6 Å². The van der Waals surface area contributed by atoms with Crippen molar-refractivity contribution in [1.82, 2.24) is 19.6 Å². The highest BCUT2D eigenvalue weighted by atomic mass is 15.3. The number of rotatable bonds is 2. The summed E-state index contributed by atoms with van der Waals surface area (Å²) >= 11 is 0. The molecule has 22 heavy (non-hydrogen) atoms. The average Bonchev–Trinajstić information content (AvgIpc) is 3.31. The van der Waals surface area contributed by atoms with Crippen LogP contribution in [0.15, 0.2) is 97.6 Å². The van der Waals surface area contributed by atoms with Crippen molar-refractivity contribution in [2.45, 2.75) is 0 Å². The van der Waals surface area contributed by atoms with Crippen LogP contribution in [0.4, 0.5) is 0 Å². The van der Waals surface area contributed by atoms with E-state index >= 15 is 0 Å². The number of nitrogens with zero attached hydrogens (tertiary/aromatic N) is 4. The van der Waals surface area contributed by atoms with Crippen LogP contribution >= 0.6 is 0 Å². The third-order valence-electron chi connectivity index (χ3n) is 3.05. The fourth-order valence-electron chi connectivity index (χ4n) is 2.00. The van der Waals surface area contributed by atoms with Gasteiger partial charge in [0.05, 0.1) is 11.4 Å². The molecule has 0 aliphatic heterocycles. The molecule has 4 aromatic rings. The van der Waals surface area contributed by atoms with Crippen LogP contribution in [0, 0.1) is 0 Å². The third-order valence-corrected chi connectivity index (χ3v) is 3.05. The minimum atomic E-state index is 1.09. The summed E-state index contributed by atoms with van der Waals surface area (Å²) in [6, 6.07) is 23.9. The maximum absolute atomic E-state index is 4.10. The van der Waals surface area contributed by atoms with Gasteiger partial charge >= 0.3 is 0 Å². The molecule has 4 heteroatoms. The summed E-state index contributed by atoms with van der Waals surface area (Å²) in [5.74, 6) is 0. The Kier molecular flexibility index (Phi) is 4.42. The van der Waals surface area contributed by atoms with Gasteiger partial charge in [-0.05, 0) is 36.4 Å². The first-order chi connectivity index (χ1) is 10.9. The summed E-state index contributed by atoms with van der Waals surface area (Å²) in [6.07, 6.45) is 7.39. The van der Waals surface area contributed by atoms with Gasteiger partial charge in [0, 0.05) is 24.8 Å². The predicted octanol–water partition coefficient (Wildman–Crippen LogP) is 3.74. The zero-order chi connectivity index (χ0) is 15.0. The molecule has 2 aromatic heterocycles. The smallest absolute Gasteiger partial charge is 0.0645 e. The van der Waals surface area contributed by atoms with E-state index in [4.69, 9.17) is 0 Å². The van der Waals surface area contributed by atoms with E-state index in [0.29, 0.717) is 0 Å². The monoisotopic (exact) mass is 288 g/mol. The van der Waals surface area contributed by atoms with Crippen molar-refractivity contribution in [1.29, 1.82) is 0 Å². The van der Waals surface area contributed by atoms with Crippen molar-refractivity contribution >= 4 is 0 Å². The highest BCUT2D eigenvalue weighted by molar-refractivity contribution is 5.30. The molecule has 0 radical (unpaired) electrons. The minimum absolute atomic E-state index is 1.09. The highest BCUT2D eigenvalue weighted by Crippen LogP contribution is 2.04. The van der Waals surface area contributed by atoms with Gasteiger partial charge in [0.15, 0.2) is 0 Å². The second-order valence-electron chi connectivity index (χ2n) is 4.57. The summed E-state index contributed by atoms with van der Waals surface area (Å²) in [7, 11) is 0. The molecule has 0 unspecified atom stereocenters. The highest BCUT2D eigenvalue weighted by Gasteiger charge is 1.91. The van der Waals surface area contributed by atoms with Crippen molar-refractivity contribution in [3.05, 3.63) is 97.6 Å². The Labute approximate surface area is 129 Å². The normalized spacial score (nSPS) is 9.82. The lowest BCUT2D eigenvalue weighted by atomic mass is 10.3. The Hall–Kier alpha value is -3.14. The van der Waals surface area contributed by atoms with Crippen LogP contribution in [-0.2, 0) is 0 Å². The van der Waals surface area contributed by atoms with Gasteiger partial charge in [-0.15, -0.1) is 0 Å². The van der Waals surface area contributed by atoms with Crippen LogP contribution < -0.4 is 0 Å². The Morgan fingerprint density at radius 3 is 1.23 bits per heavy atom. The van der Waals surface area contributed by atoms with Gasteiger partial charge in [0.25, 0.3) is 0 Å². The van der Waals surface area contributed by atoms with Gasteiger partial charge in [0.2, 0.25) is 0 Å². The second kappa shape index (κ2) is 7.04. The topological polar surface area (TPSA) is 35.6 Å². The van der Waals surface area contributed by atoms with E-state index < -0.39 is 0 Å². The molecule has 0 fully saturated rings. The molecule has 0 saturated carbocycles. The maximum atomic E-state index is 4.10. The molecule has 0 aliphatic rings. The summed E-state index contributed by atoms with van der Waals surface area (Å²) in [6.45, 7) is 0. The average molecular weight is 288 g/mol. The fraction of sp³-hybridized carbons (Fsp3) is 0. The molecule has 0 saturated heterocycles. The Balaban J connectivity index is 0.000000131. The standard InChI is InChI=1S/2C9H8N2/c2*1-2-5-9(6-3-1)11-8-4-7-10-11/h2*1-8H. The molecule has 0 N–H and O–H groups in total. The molecule has 2 aromatic carbocycles. The Bertz CT molecular complexity index is 691. The summed E-state index contributed by atoms with van der Waals surface area (Å²) in [5, 5.41) is 8.21. The first kappa shape index (κ1) is 13.8. The molecule has 0 bridgehead atoms. The number of aromatic nitrogens is 4. The number of para-hydroxylation sites is 2. The van der Waals surface area contributed by atoms with E-state index in [9.17, 15) is 0 Å². The SMILES string of the molecule is c1ccc(-n2cccn2)cc1.c1ccc(-n2cccn2)cc1. The van der Waals surface area contributed by atoms with Crippen LogP contribution in [0.25, 0.3) is 11.4 Å². The summed E-state index contributed by atoms with van der Waals surface area (Å²) in [5.41, 5.74) is 2.19. The largest absolute Gasteiger partial charge is 0.241 e. The maximum Gasteiger partial charge on any atom is 0.0645 e. The number of benzene rings is 2. The molecule has 2 heterocycles. The van der Waals surface area contributed by atoms with Gasteiger partial charge in [-0.3, -0.25) is 0 Å². The molecule has 4 rings (SSSR count). The lowest BCUT2D eigenvalue weighted by molar-refractivity contribution is 0.880. The van der Waals surface area contributed by atoms with E-state index in [1.165, 1.54) is 0 Å². The molecule has 0 atom stereocenters. The first-order valence-electron chi connectivity index (χ1n) is 7.03. The van der Waals surface area contributed by atoms with Crippen LogP contribution in [0.2, 0.25) is 0 Å². The number of hydrogen-bond donors (Lipinski definition) is 0. The summed E-state index contributed by atoms with van der Waals surface area (Å²) < 4.78 is 3.67. The van der Waals surface area contributed by atoms with Crippen molar-refractivity contribution in [3.63, 3.8) is 0 Å². The molecular formula is C18H16N4. The van der Waals surface area contributed by atoms with E-state index in [1.54, 1.807) is 12.4 Å². The molecule has 0 amide bonds. The van der Waals surface area contributed by atoms with Crippen molar-refractivity contribution in [2.75, 3.05) is 0 Å². The second-order valence-corrected chi connectivity index (χ2v) is 4.57. The molecule has 4 nitrogen and oxygen atoms in total. The third kappa shape index (κ3) is 3.49. The van der Waals surface area contributed by atoms with Gasteiger partial charge in [-0.25, -0.2) is 9.36 Å². The minimum Gasteiger partial charge on any atom is -0.241 e. The van der Waals surface area contributed by atoms with Crippen LogP contribution in [0.1, 0.15) is 0 Å². The van der Waals surface area contributed by atoms with Crippen molar-refractivity contribution in [2.24, 2.45) is 0 Å². The fourth-order valence-corrected chi connectivity index (χ4v) is 2.00. The van der Waals surface area contributed by atoms with Crippen molar-refractivity contribution < 1.29 is 0 Å². The van der Waals surface area contributed by atoms with E-state index in [1.807, 2.05) is 94.6 Å². The first-order valence-corrected chi connectivity index (χ1v) is 7.03. The van der Waals surface area contributed by atoms with E-state index in [2.05, 4.69) is 10.2 Å². The predicted molar refractivity (Wildman–Crippen MR) is 87.1 cm³/mol. The summed E-state index contributed by atoms with van der Waals surface area (Å²) in [4.78, 5) is 0. The zero-order valence-corrected chi connectivity index (χ0v) is 12.0. The quantitative estimate of drug-likeness (QED) is 0.563. The lowest BCUT2D eigenvalue weighted by Crippen LogP contribution is -1.91. The Morgan fingerprint density at radius 2 is 0.909 bits per heavy atom. The zero-order valence-electron chi connectivity index (χ0n) is 12.0. The van der Waals surface area contributed by atoms with Gasteiger partial charge in [-0.2, -0.15) is 10.2 Å². The molecule has 0 aliphatic carbocycles. The molecule has 0 spiro atoms. The molecular weight excluding hydrogens is 272 g/mol. The number of hydrogen-bond acceptors (Lipinski definition) is 2. The van der Waals surface area contributed by atoms with Gasteiger partial charge in [-0.1, -0.05) is 36.4 Å². The van der Waals surface area contributed by atoms with E-state index in [0.717, 1.165) is 11.4 Å². The molecule has 108 valence electrons. The van der Waals surface area contributed by atoms with Gasteiger partial charge in [0.1, 0.15) is 0 Å². The van der Waals surface area contributed by atoms with Crippen LogP contribution in [0.3, 0.4) is 0 Å². The lowest BCUT2D eigenvalue weighted by Gasteiger charge is -1.97. The van der Waals surface area contributed by atoms with Crippen LogP contribution in [0.5, 0.6) is 0 Å². The van der Waals surface area contributed by atoms with Gasteiger partial charge < -0.3 is 0 Å².